The number of nitriles is 1. The van der Waals surface area contributed by atoms with Gasteiger partial charge in [-0.3, -0.25) is 0 Å². The molecular weight excluding hydrogens is 367 g/mol. The van der Waals surface area contributed by atoms with Crippen molar-refractivity contribution in [3.8, 4) is 6.07 Å². The van der Waals surface area contributed by atoms with Crippen LogP contribution in [0.5, 0.6) is 0 Å². The minimum absolute atomic E-state index is 0.206. The molecule has 29 heavy (non-hydrogen) atoms. The molecule has 6 nitrogen and oxygen atoms in total. The molecule has 0 radical (unpaired) electrons. The predicted octanol–water partition coefficient (Wildman–Crippen LogP) is 3.50. The topological polar surface area (TPSA) is 78.0 Å². The highest BCUT2D eigenvalue weighted by Gasteiger charge is 2.07. The van der Waals surface area contributed by atoms with Crippen molar-refractivity contribution in [1.29, 1.82) is 5.26 Å². The van der Waals surface area contributed by atoms with Gasteiger partial charge in [0, 0.05) is 25.2 Å². The third-order valence-corrected chi connectivity index (χ3v) is 4.63. The van der Waals surface area contributed by atoms with Gasteiger partial charge in [-0.05, 0) is 44.5 Å². The highest BCUT2D eigenvalue weighted by Crippen LogP contribution is 2.15. The van der Waals surface area contributed by atoms with Crippen LogP contribution in [0.3, 0.4) is 0 Å². The van der Waals surface area contributed by atoms with Crippen LogP contribution in [-0.4, -0.2) is 28.6 Å². The van der Waals surface area contributed by atoms with Gasteiger partial charge < -0.3 is 15.2 Å². The third kappa shape index (κ3) is 5.11. The first-order valence-electron chi connectivity index (χ1n) is 9.75. The number of hydrogen-bond acceptors (Lipinski definition) is 3. The number of rotatable bonds is 7. The molecule has 0 bridgehead atoms. The molecule has 150 valence electrons. The summed E-state index contributed by atoms with van der Waals surface area (Å²) in [6.07, 6.45) is 0.900. The minimum Gasteiger partial charge on any atom is -0.357 e. The summed E-state index contributed by atoms with van der Waals surface area (Å²) in [4.78, 5) is 9.05. The number of aliphatic imine (C=N–C) groups is 1. The molecule has 7 heteroatoms. The average Bonchev–Trinajstić information content (AvgIpc) is 3.05. The number of aromatic nitrogens is 2. The third-order valence-electron chi connectivity index (χ3n) is 4.63. The molecule has 0 unspecified atom stereocenters. The fraction of sp³-hybridized carbons (Fsp3) is 0.318. The zero-order valence-corrected chi connectivity index (χ0v) is 16.7. The van der Waals surface area contributed by atoms with Crippen LogP contribution >= 0.6 is 0 Å². The Hall–Kier alpha value is -3.40. The summed E-state index contributed by atoms with van der Waals surface area (Å²) in [6.45, 7) is 6.51. The van der Waals surface area contributed by atoms with E-state index in [1.54, 1.807) is 12.1 Å². The van der Waals surface area contributed by atoms with Gasteiger partial charge in [0.2, 0.25) is 0 Å². The molecule has 0 saturated heterocycles. The van der Waals surface area contributed by atoms with Crippen molar-refractivity contribution in [2.45, 2.75) is 33.4 Å². The maximum absolute atomic E-state index is 14.0. The molecule has 0 aliphatic carbocycles. The Morgan fingerprint density at radius 2 is 2.07 bits per heavy atom. The SMILES string of the molecule is CCNC(=NCc1ccc(C#N)cc1F)NCCCn1c(C)nc2ccccc21. The van der Waals surface area contributed by atoms with Gasteiger partial charge >= 0.3 is 0 Å². The number of aryl methyl sites for hydroxylation is 2. The van der Waals surface area contributed by atoms with Gasteiger partial charge in [0.25, 0.3) is 0 Å². The summed E-state index contributed by atoms with van der Waals surface area (Å²) >= 11 is 0. The van der Waals surface area contributed by atoms with E-state index < -0.39 is 5.82 Å². The maximum atomic E-state index is 14.0. The van der Waals surface area contributed by atoms with Crippen LogP contribution in [0.2, 0.25) is 0 Å². The molecule has 0 fully saturated rings. The van der Waals surface area contributed by atoms with Crippen molar-refractivity contribution >= 4 is 17.0 Å². The number of nitrogens with zero attached hydrogens (tertiary/aromatic N) is 4. The second-order valence-corrected chi connectivity index (χ2v) is 6.69. The fourth-order valence-corrected chi connectivity index (χ4v) is 3.17. The molecule has 2 aromatic carbocycles. The Bertz CT molecular complexity index is 1050. The molecule has 3 aromatic rings. The van der Waals surface area contributed by atoms with Crippen LogP contribution < -0.4 is 10.6 Å². The van der Waals surface area contributed by atoms with Crippen molar-refractivity contribution in [2.24, 2.45) is 4.99 Å². The largest absolute Gasteiger partial charge is 0.357 e. The Morgan fingerprint density at radius 3 is 2.83 bits per heavy atom. The van der Waals surface area contributed by atoms with Gasteiger partial charge in [-0.15, -0.1) is 0 Å². The minimum atomic E-state index is -0.411. The number of fused-ring (bicyclic) bond motifs is 1. The Morgan fingerprint density at radius 1 is 1.24 bits per heavy atom. The van der Waals surface area contributed by atoms with E-state index in [0.717, 1.165) is 36.4 Å². The van der Waals surface area contributed by atoms with Crippen molar-refractivity contribution in [1.82, 2.24) is 20.2 Å². The second kappa shape index (κ2) is 9.69. The first-order chi connectivity index (χ1) is 14.1. The van der Waals surface area contributed by atoms with Crippen molar-refractivity contribution in [3.05, 3.63) is 65.2 Å². The van der Waals surface area contributed by atoms with Crippen LogP contribution in [-0.2, 0) is 13.1 Å². The second-order valence-electron chi connectivity index (χ2n) is 6.69. The van der Waals surface area contributed by atoms with Crippen molar-refractivity contribution in [2.75, 3.05) is 13.1 Å². The van der Waals surface area contributed by atoms with Gasteiger partial charge in [0.1, 0.15) is 11.6 Å². The lowest BCUT2D eigenvalue weighted by Gasteiger charge is -2.12. The molecular formula is C22H25FN6. The fourth-order valence-electron chi connectivity index (χ4n) is 3.17. The monoisotopic (exact) mass is 392 g/mol. The smallest absolute Gasteiger partial charge is 0.191 e. The predicted molar refractivity (Wildman–Crippen MR) is 113 cm³/mol. The molecule has 1 aromatic heterocycles. The average molecular weight is 392 g/mol. The first-order valence-corrected chi connectivity index (χ1v) is 9.75. The van der Waals surface area contributed by atoms with Crippen LogP contribution in [0.25, 0.3) is 11.0 Å². The van der Waals surface area contributed by atoms with Gasteiger partial charge in [0.15, 0.2) is 5.96 Å². The van der Waals surface area contributed by atoms with Crippen molar-refractivity contribution in [3.63, 3.8) is 0 Å². The summed E-state index contributed by atoms with van der Waals surface area (Å²) in [5.41, 5.74) is 2.92. The van der Waals surface area contributed by atoms with E-state index >= 15 is 0 Å². The lowest BCUT2D eigenvalue weighted by molar-refractivity contribution is 0.608. The number of hydrogen-bond donors (Lipinski definition) is 2. The van der Waals surface area contributed by atoms with Crippen molar-refractivity contribution < 1.29 is 4.39 Å². The van der Waals surface area contributed by atoms with E-state index in [-0.39, 0.29) is 6.54 Å². The Balaban J connectivity index is 1.57. The van der Waals surface area contributed by atoms with Gasteiger partial charge in [0.05, 0.1) is 29.2 Å². The van der Waals surface area contributed by atoms with Crippen LogP contribution in [0, 0.1) is 24.1 Å². The van der Waals surface area contributed by atoms with E-state index in [9.17, 15) is 4.39 Å². The van der Waals surface area contributed by atoms with Gasteiger partial charge in [-0.2, -0.15) is 5.26 Å². The molecule has 0 saturated carbocycles. The summed E-state index contributed by atoms with van der Waals surface area (Å²) < 4.78 is 16.2. The Labute approximate surface area is 170 Å². The Kier molecular flexibility index (Phi) is 6.80. The highest BCUT2D eigenvalue weighted by atomic mass is 19.1. The van der Waals surface area contributed by atoms with E-state index in [2.05, 4.69) is 31.2 Å². The molecule has 0 spiro atoms. The number of nitrogens with one attached hydrogen (secondary N) is 2. The first kappa shape index (κ1) is 20.3. The number of para-hydroxylation sites is 2. The summed E-state index contributed by atoms with van der Waals surface area (Å²) in [6, 6.07) is 14.5. The summed E-state index contributed by atoms with van der Waals surface area (Å²) in [5, 5.41) is 15.3. The summed E-state index contributed by atoms with van der Waals surface area (Å²) in [7, 11) is 0. The molecule has 0 atom stereocenters. The lowest BCUT2D eigenvalue weighted by Crippen LogP contribution is -2.38. The summed E-state index contributed by atoms with van der Waals surface area (Å²) in [5.74, 6) is 1.23. The molecule has 0 aliphatic heterocycles. The maximum Gasteiger partial charge on any atom is 0.191 e. The normalized spacial score (nSPS) is 11.4. The molecule has 2 N–H and O–H groups in total. The number of halogens is 1. The van der Waals surface area contributed by atoms with E-state index in [4.69, 9.17) is 5.26 Å². The van der Waals surface area contributed by atoms with E-state index in [0.29, 0.717) is 23.6 Å². The van der Waals surface area contributed by atoms with Gasteiger partial charge in [-0.1, -0.05) is 18.2 Å². The quantitative estimate of drug-likeness (QED) is 0.366. The number of guanidine groups is 1. The van der Waals surface area contributed by atoms with Crippen LogP contribution in [0.4, 0.5) is 4.39 Å². The lowest BCUT2D eigenvalue weighted by atomic mass is 10.1. The molecule has 0 amide bonds. The number of benzene rings is 2. The standard InChI is InChI=1S/C22H25FN6/c1-3-25-22(27-15-18-10-9-17(14-24)13-19(18)23)26-11-6-12-29-16(2)28-20-7-4-5-8-21(20)29/h4-5,7-10,13H,3,6,11-12,15H2,1-2H3,(H2,25,26,27). The zero-order valence-electron chi connectivity index (χ0n) is 16.7. The highest BCUT2D eigenvalue weighted by molar-refractivity contribution is 5.79. The molecule has 1 heterocycles. The van der Waals surface area contributed by atoms with E-state index in [1.165, 1.54) is 6.07 Å². The molecule has 0 aliphatic rings. The van der Waals surface area contributed by atoms with E-state index in [1.807, 2.05) is 38.1 Å². The van der Waals surface area contributed by atoms with Crippen LogP contribution in [0.1, 0.15) is 30.3 Å². The van der Waals surface area contributed by atoms with Gasteiger partial charge in [-0.25, -0.2) is 14.4 Å². The molecule has 3 rings (SSSR count). The van der Waals surface area contributed by atoms with Crippen LogP contribution in [0.15, 0.2) is 47.5 Å². The zero-order chi connectivity index (χ0) is 20.6. The number of imidazole rings is 1.